The second kappa shape index (κ2) is 21.7. The monoisotopic (exact) mass is 790 g/mol. The Bertz CT molecular complexity index is 1800. The summed E-state index contributed by atoms with van der Waals surface area (Å²) in [6.45, 7) is 8.09. The highest BCUT2D eigenvalue weighted by Gasteiger charge is 2.26. The number of amides is 3. The first-order chi connectivity index (χ1) is 27.1. The fourth-order valence-corrected chi connectivity index (χ4v) is 8.21. The summed E-state index contributed by atoms with van der Waals surface area (Å²) in [7, 11) is -3.20. The number of benzene rings is 3. The van der Waals surface area contributed by atoms with Crippen LogP contribution in [0.5, 0.6) is 5.75 Å². The van der Waals surface area contributed by atoms with Crippen LogP contribution in [0.4, 0.5) is 10.5 Å². The van der Waals surface area contributed by atoms with Crippen LogP contribution in [0.15, 0.2) is 78.9 Å². The van der Waals surface area contributed by atoms with Crippen molar-refractivity contribution in [1.29, 1.82) is 0 Å². The highest BCUT2D eigenvalue weighted by Crippen LogP contribution is 2.28. The van der Waals surface area contributed by atoms with E-state index in [1.807, 2.05) is 71.6 Å². The van der Waals surface area contributed by atoms with Gasteiger partial charge in [-0.1, -0.05) is 60.7 Å². The van der Waals surface area contributed by atoms with Gasteiger partial charge in [-0.2, -0.15) is 4.31 Å². The number of carbonyl (C=O) groups is 3. The Morgan fingerprint density at radius 2 is 1.46 bits per heavy atom. The molecule has 0 bridgehead atoms. The van der Waals surface area contributed by atoms with Crippen molar-refractivity contribution in [2.45, 2.75) is 64.5 Å². The number of hydrogen-bond donors (Lipinski definition) is 3. The summed E-state index contributed by atoms with van der Waals surface area (Å²) < 4.78 is 31.7. The maximum atomic E-state index is 13.4. The number of unbranched alkanes of at least 4 members (excludes halogenated alkanes) is 2. The first-order valence-corrected chi connectivity index (χ1v) is 21.6. The molecular weight excluding hydrogens is 733 g/mol. The topological polar surface area (TPSA) is 152 Å². The van der Waals surface area contributed by atoms with Crippen LogP contribution in [0.25, 0.3) is 11.1 Å². The lowest BCUT2D eigenvalue weighted by atomic mass is 10.0. The minimum Gasteiger partial charge on any atom is -0.508 e. The van der Waals surface area contributed by atoms with Gasteiger partial charge in [0, 0.05) is 90.4 Å². The number of nitrogens with one attached hydrogen (secondary N) is 2. The number of nitrogens with zero attached hydrogens (tertiary/aromatic N) is 4. The smallest absolute Gasteiger partial charge is 0.411 e. The molecule has 3 aromatic carbocycles. The summed E-state index contributed by atoms with van der Waals surface area (Å²) in [5.41, 5.74) is 3.59. The Morgan fingerprint density at radius 3 is 2.18 bits per heavy atom. The van der Waals surface area contributed by atoms with Crippen molar-refractivity contribution in [2.24, 2.45) is 0 Å². The number of likely N-dealkylation sites (tertiary alicyclic amines) is 1. The molecule has 0 unspecified atom stereocenters. The molecule has 14 heteroatoms. The van der Waals surface area contributed by atoms with E-state index < -0.39 is 16.1 Å². The molecule has 3 N–H and O–H groups in total. The molecule has 2 aliphatic heterocycles. The number of carbonyl (C=O) groups excluding carboxylic acids is 3. The minimum atomic E-state index is -3.20. The highest BCUT2D eigenvalue weighted by atomic mass is 32.2. The predicted octanol–water partition coefficient (Wildman–Crippen LogP) is 5.13. The van der Waals surface area contributed by atoms with Gasteiger partial charge in [0.15, 0.2) is 0 Å². The van der Waals surface area contributed by atoms with Gasteiger partial charge >= 0.3 is 6.09 Å². The first kappa shape index (κ1) is 42.6. The van der Waals surface area contributed by atoms with Gasteiger partial charge in [0.1, 0.15) is 11.9 Å². The molecule has 0 aliphatic carbocycles. The quantitative estimate of drug-likeness (QED) is 0.140. The summed E-state index contributed by atoms with van der Waals surface area (Å²) in [6, 6.07) is 24.5. The summed E-state index contributed by atoms with van der Waals surface area (Å²) >= 11 is 0. The van der Waals surface area contributed by atoms with Crippen LogP contribution >= 0.6 is 0 Å². The van der Waals surface area contributed by atoms with Crippen LogP contribution in [0.2, 0.25) is 0 Å². The number of ether oxygens (including phenoxy) is 1. The van der Waals surface area contributed by atoms with Gasteiger partial charge in [0.2, 0.25) is 21.8 Å². The maximum Gasteiger partial charge on any atom is 0.411 e. The molecule has 304 valence electrons. The summed E-state index contributed by atoms with van der Waals surface area (Å²) in [4.78, 5) is 45.0. The third-order valence-corrected chi connectivity index (χ3v) is 12.4. The zero-order valence-electron chi connectivity index (χ0n) is 32.6. The SMILES string of the molecule is CCS(=O)(=O)N1CCN(CCC(=O)N(CCCCCNC(=O)CCN2CCC(OC(=O)Nc3ccccc3-c3ccccc3)CC2)Cc2ccc(O)cc2)CC1. The molecule has 2 fully saturated rings. The molecule has 0 saturated carbocycles. The zero-order chi connectivity index (χ0) is 39.8. The normalized spacial score (nSPS) is 15.9. The van der Waals surface area contributed by atoms with Gasteiger partial charge in [-0.15, -0.1) is 0 Å². The lowest BCUT2D eigenvalue weighted by Gasteiger charge is -2.34. The Morgan fingerprint density at radius 1 is 0.804 bits per heavy atom. The van der Waals surface area contributed by atoms with E-state index >= 15 is 0 Å². The summed E-state index contributed by atoms with van der Waals surface area (Å²) in [6.07, 6.45) is 3.99. The number of phenols is 1. The second-order valence-electron chi connectivity index (χ2n) is 14.5. The number of sulfonamides is 1. The minimum absolute atomic E-state index is 0.0112. The Hall–Kier alpha value is -4.50. The molecule has 0 atom stereocenters. The van der Waals surface area contributed by atoms with Crippen LogP contribution in [-0.4, -0.2) is 128 Å². The number of piperidine rings is 1. The zero-order valence-corrected chi connectivity index (χ0v) is 33.4. The number of aromatic hydroxyl groups is 1. The van der Waals surface area contributed by atoms with Crippen molar-refractivity contribution in [3.8, 4) is 16.9 Å². The van der Waals surface area contributed by atoms with Gasteiger partial charge in [0.05, 0.1) is 11.4 Å². The predicted molar refractivity (Wildman–Crippen MR) is 219 cm³/mol. The molecule has 2 aliphatic rings. The maximum absolute atomic E-state index is 13.4. The molecule has 13 nitrogen and oxygen atoms in total. The highest BCUT2D eigenvalue weighted by molar-refractivity contribution is 7.89. The van der Waals surface area contributed by atoms with E-state index in [9.17, 15) is 27.9 Å². The Kier molecular flexibility index (Phi) is 16.5. The average molecular weight is 791 g/mol. The lowest BCUT2D eigenvalue weighted by Crippen LogP contribution is -2.49. The van der Waals surface area contributed by atoms with Crippen molar-refractivity contribution in [3.63, 3.8) is 0 Å². The summed E-state index contributed by atoms with van der Waals surface area (Å²) in [5.74, 6) is 0.323. The number of rotatable bonds is 19. The van der Waals surface area contributed by atoms with E-state index in [-0.39, 0.29) is 29.4 Å². The van der Waals surface area contributed by atoms with E-state index in [1.54, 1.807) is 19.1 Å². The van der Waals surface area contributed by atoms with Crippen LogP contribution in [0.1, 0.15) is 57.4 Å². The molecule has 2 saturated heterocycles. The fourth-order valence-electron chi connectivity index (χ4n) is 7.12. The standard InChI is InChI=1S/C42H58N6O7S/c1-2-56(53,54)48-31-29-46(30-32-48)28-22-41(51)47(33-34-15-17-36(49)18-16-34)24-10-4-9-23-43-40(50)21-27-45-25-19-37(20-26-45)55-42(52)44-39-14-8-7-13-38(39)35-11-5-3-6-12-35/h3,5-8,11-18,37,49H,2,4,9-10,19-33H2,1H3,(H,43,50)(H,44,52). The van der Waals surface area contributed by atoms with Gasteiger partial charge in [-0.05, 0) is 68.4 Å². The first-order valence-electron chi connectivity index (χ1n) is 20.0. The number of para-hydroxylation sites is 1. The fraction of sp³-hybridized carbons (Fsp3) is 0.500. The van der Waals surface area contributed by atoms with Crippen molar-refractivity contribution < 1.29 is 32.6 Å². The largest absolute Gasteiger partial charge is 0.508 e. The van der Waals surface area contributed by atoms with E-state index in [0.717, 1.165) is 49.0 Å². The Balaban J connectivity index is 0.948. The van der Waals surface area contributed by atoms with Gasteiger partial charge in [-0.25, -0.2) is 13.2 Å². The van der Waals surface area contributed by atoms with Crippen molar-refractivity contribution in [1.82, 2.24) is 24.3 Å². The van der Waals surface area contributed by atoms with Gasteiger partial charge < -0.3 is 29.9 Å². The number of piperazine rings is 1. The molecule has 3 aromatic rings. The van der Waals surface area contributed by atoms with E-state index in [4.69, 9.17) is 4.74 Å². The van der Waals surface area contributed by atoms with Gasteiger partial charge in [-0.3, -0.25) is 14.9 Å². The van der Waals surface area contributed by atoms with E-state index in [2.05, 4.69) is 20.4 Å². The second-order valence-corrected chi connectivity index (χ2v) is 16.8. The molecule has 56 heavy (non-hydrogen) atoms. The average Bonchev–Trinajstić information content (AvgIpc) is 3.22. The molecule has 0 radical (unpaired) electrons. The van der Waals surface area contributed by atoms with Crippen LogP contribution in [-0.2, 0) is 30.9 Å². The molecule has 3 amide bonds. The van der Waals surface area contributed by atoms with Crippen LogP contribution in [0, 0.1) is 0 Å². The van der Waals surface area contributed by atoms with Crippen LogP contribution in [0.3, 0.4) is 0 Å². The molecule has 5 rings (SSSR count). The van der Waals surface area contributed by atoms with Crippen molar-refractivity contribution >= 4 is 33.6 Å². The molecular formula is C42H58N6O7S. The third kappa shape index (κ3) is 13.6. The Labute approximate surface area is 332 Å². The van der Waals surface area contributed by atoms with Gasteiger partial charge in [0.25, 0.3) is 0 Å². The lowest BCUT2D eigenvalue weighted by molar-refractivity contribution is -0.132. The number of phenolic OH excluding ortho intramolecular Hbond substituents is 1. The van der Waals surface area contributed by atoms with Crippen molar-refractivity contribution in [2.75, 3.05) is 76.5 Å². The van der Waals surface area contributed by atoms with Crippen LogP contribution < -0.4 is 10.6 Å². The number of anilines is 1. The molecule has 0 aromatic heterocycles. The summed E-state index contributed by atoms with van der Waals surface area (Å²) in [5, 5.41) is 15.7. The van der Waals surface area contributed by atoms with Crippen molar-refractivity contribution in [3.05, 3.63) is 84.4 Å². The molecule has 2 heterocycles. The van der Waals surface area contributed by atoms with E-state index in [0.29, 0.717) is 90.3 Å². The number of hydrogen-bond acceptors (Lipinski definition) is 9. The third-order valence-electron chi connectivity index (χ3n) is 10.5. The molecule has 0 spiro atoms. The van der Waals surface area contributed by atoms with E-state index in [1.165, 1.54) is 4.31 Å².